The summed E-state index contributed by atoms with van der Waals surface area (Å²) in [5, 5.41) is 30.7. The number of rotatable bonds is 45. The molecule has 6 unspecified atom stereocenters. The molecule has 0 amide bonds. The molecule has 0 aromatic rings. The Labute approximate surface area is 373 Å². The van der Waals surface area contributed by atoms with Gasteiger partial charge in [0.2, 0.25) is 0 Å². The summed E-state index contributed by atoms with van der Waals surface area (Å²) in [6, 6.07) is 0. The predicted octanol–water partition coefficient (Wildman–Crippen LogP) is 11.3. The van der Waals surface area contributed by atoms with Crippen LogP contribution in [-0.4, -0.2) is 97.5 Å². The Kier molecular flexibility index (Phi) is 38.7. The van der Waals surface area contributed by atoms with E-state index in [0.29, 0.717) is 13.0 Å². The average molecular weight is 895 g/mol. The molecule has 0 radical (unpaired) electrons. The summed E-state index contributed by atoms with van der Waals surface area (Å²) < 4.78 is 59.2. The van der Waals surface area contributed by atoms with Gasteiger partial charge >= 0.3 is 16.4 Å². The summed E-state index contributed by atoms with van der Waals surface area (Å²) in [4.78, 5) is 12.8. The number of aliphatic hydroxyl groups excluding tert-OH is 3. The monoisotopic (exact) mass is 895 g/mol. The van der Waals surface area contributed by atoms with Crippen LogP contribution < -0.4 is 0 Å². The molecule has 364 valence electrons. The molecule has 0 aromatic carbocycles. The van der Waals surface area contributed by atoms with Crippen molar-refractivity contribution in [2.75, 3.05) is 26.4 Å². The molecule has 0 spiro atoms. The van der Waals surface area contributed by atoms with E-state index in [-0.39, 0.29) is 19.6 Å². The number of carbonyl (C=O) groups is 1. The van der Waals surface area contributed by atoms with E-state index >= 15 is 0 Å². The SMILES string of the molecule is CCCCCCCCCCCCCCCCCCCCCCCCOCC(COC1OC(CO)C(O)C(OS(=O)(=O)O)C1O)OC(=O)CCCCCCCCCCCCCC. The van der Waals surface area contributed by atoms with E-state index in [2.05, 4.69) is 18.0 Å². The van der Waals surface area contributed by atoms with Crippen LogP contribution in [0, 0.1) is 0 Å². The van der Waals surface area contributed by atoms with Gasteiger partial charge in [-0.15, -0.1) is 0 Å². The maximum absolute atomic E-state index is 12.8. The second-order valence-corrected chi connectivity index (χ2v) is 18.8. The van der Waals surface area contributed by atoms with Crippen molar-refractivity contribution in [2.45, 2.75) is 275 Å². The Morgan fingerprint density at radius 1 is 0.557 bits per heavy atom. The standard InChI is InChI=1S/C48H94O12S/c1-3-5-7-9-11-13-15-17-18-19-20-21-22-23-24-25-26-28-30-32-34-36-38-56-40-42(58-44(50)37-35-33-31-29-27-16-14-12-10-8-6-4-2)41-57-48-46(52)47(60-61(53,54)55)45(51)43(39-49)59-48/h42-43,45-49,51-52H,3-41H2,1-2H3,(H,53,54,55). The second kappa shape index (κ2) is 40.6. The molecule has 61 heavy (non-hydrogen) atoms. The molecule has 1 rings (SSSR count). The van der Waals surface area contributed by atoms with Crippen molar-refractivity contribution in [3.8, 4) is 0 Å². The van der Waals surface area contributed by atoms with Crippen molar-refractivity contribution in [3.63, 3.8) is 0 Å². The van der Waals surface area contributed by atoms with Gasteiger partial charge in [-0.05, 0) is 12.8 Å². The van der Waals surface area contributed by atoms with Crippen LogP contribution in [0.5, 0.6) is 0 Å². The van der Waals surface area contributed by atoms with E-state index in [1.54, 1.807) is 0 Å². The van der Waals surface area contributed by atoms with Crippen molar-refractivity contribution in [1.82, 2.24) is 0 Å². The molecule has 1 heterocycles. The third kappa shape index (κ3) is 34.2. The van der Waals surface area contributed by atoms with Crippen LogP contribution in [0.2, 0.25) is 0 Å². The first-order valence-corrected chi connectivity index (χ1v) is 26.7. The van der Waals surface area contributed by atoms with Crippen LogP contribution >= 0.6 is 0 Å². The maximum atomic E-state index is 12.8. The Hall–Kier alpha value is -0.900. The molecule has 1 aliphatic rings. The lowest BCUT2D eigenvalue weighted by Gasteiger charge is -2.41. The van der Waals surface area contributed by atoms with E-state index in [1.807, 2.05) is 0 Å². The highest BCUT2D eigenvalue weighted by Crippen LogP contribution is 2.26. The number of esters is 1. The molecule has 1 saturated heterocycles. The molecule has 12 nitrogen and oxygen atoms in total. The van der Waals surface area contributed by atoms with Crippen LogP contribution in [0.3, 0.4) is 0 Å². The van der Waals surface area contributed by atoms with Gasteiger partial charge in [-0.2, -0.15) is 8.42 Å². The zero-order valence-electron chi connectivity index (χ0n) is 39.0. The van der Waals surface area contributed by atoms with Crippen LogP contribution in [0.4, 0.5) is 0 Å². The molecule has 1 aliphatic heterocycles. The van der Waals surface area contributed by atoms with Gasteiger partial charge in [-0.3, -0.25) is 9.35 Å². The van der Waals surface area contributed by atoms with E-state index < -0.39 is 59.8 Å². The van der Waals surface area contributed by atoms with Crippen LogP contribution in [0.15, 0.2) is 0 Å². The molecule has 0 aromatic heterocycles. The molecule has 0 bridgehead atoms. The van der Waals surface area contributed by atoms with Crippen molar-refractivity contribution < 1.29 is 56.2 Å². The summed E-state index contributed by atoms with van der Waals surface area (Å²) in [5.41, 5.74) is 0. The fourth-order valence-corrected chi connectivity index (χ4v) is 8.65. The Morgan fingerprint density at radius 3 is 1.31 bits per heavy atom. The Morgan fingerprint density at radius 2 is 0.934 bits per heavy atom. The van der Waals surface area contributed by atoms with Gasteiger partial charge in [-0.1, -0.05) is 219 Å². The highest BCUT2D eigenvalue weighted by Gasteiger charge is 2.48. The molecule has 1 fully saturated rings. The van der Waals surface area contributed by atoms with Crippen LogP contribution in [0.1, 0.15) is 239 Å². The Balaban J connectivity index is 2.30. The number of hydrogen-bond acceptors (Lipinski definition) is 11. The quantitative estimate of drug-likeness (QED) is 0.0259. The van der Waals surface area contributed by atoms with Gasteiger partial charge in [0.05, 0.1) is 19.8 Å². The molecule has 0 aliphatic carbocycles. The van der Waals surface area contributed by atoms with Crippen molar-refractivity contribution >= 4 is 16.4 Å². The lowest BCUT2D eigenvalue weighted by molar-refractivity contribution is -0.301. The fourth-order valence-electron chi connectivity index (χ4n) is 8.15. The minimum atomic E-state index is -5.06. The van der Waals surface area contributed by atoms with Crippen LogP contribution in [0.25, 0.3) is 0 Å². The van der Waals surface area contributed by atoms with E-state index in [1.165, 1.54) is 173 Å². The van der Waals surface area contributed by atoms with Gasteiger partial charge in [0.25, 0.3) is 0 Å². The van der Waals surface area contributed by atoms with E-state index in [9.17, 15) is 28.5 Å². The molecule has 0 saturated carbocycles. The lowest BCUT2D eigenvalue weighted by Crippen LogP contribution is -2.60. The third-order valence-corrected chi connectivity index (χ3v) is 12.4. The predicted molar refractivity (Wildman–Crippen MR) is 244 cm³/mol. The topological polar surface area (TPSA) is 178 Å². The highest BCUT2D eigenvalue weighted by molar-refractivity contribution is 7.80. The summed E-state index contributed by atoms with van der Waals surface area (Å²) >= 11 is 0. The molecule has 4 N–H and O–H groups in total. The number of aliphatic hydroxyl groups is 3. The maximum Gasteiger partial charge on any atom is 0.397 e. The first-order valence-electron chi connectivity index (χ1n) is 25.3. The summed E-state index contributed by atoms with van der Waals surface area (Å²) in [5.74, 6) is -0.394. The summed E-state index contributed by atoms with van der Waals surface area (Å²) in [6.07, 6.45) is 34.3. The fraction of sp³-hybridized carbons (Fsp3) is 0.979. The zero-order chi connectivity index (χ0) is 44.7. The highest BCUT2D eigenvalue weighted by atomic mass is 32.3. The second-order valence-electron chi connectivity index (χ2n) is 17.8. The van der Waals surface area contributed by atoms with Gasteiger partial charge < -0.3 is 34.3 Å². The van der Waals surface area contributed by atoms with Crippen molar-refractivity contribution in [2.24, 2.45) is 0 Å². The average Bonchev–Trinajstić information content (AvgIpc) is 3.23. The third-order valence-electron chi connectivity index (χ3n) is 12.0. The summed E-state index contributed by atoms with van der Waals surface area (Å²) in [6.45, 7) is 4.04. The lowest BCUT2D eigenvalue weighted by atomic mass is 9.99. The van der Waals surface area contributed by atoms with Gasteiger partial charge in [0.1, 0.15) is 30.5 Å². The minimum Gasteiger partial charge on any atom is -0.457 e. The minimum absolute atomic E-state index is 0.0449. The van der Waals surface area contributed by atoms with E-state index in [0.717, 1.165) is 38.5 Å². The number of hydrogen-bond donors (Lipinski definition) is 4. The summed E-state index contributed by atoms with van der Waals surface area (Å²) in [7, 11) is -5.06. The molecular formula is C48H94O12S. The zero-order valence-corrected chi connectivity index (χ0v) is 39.8. The number of ether oxygens (including phenoxy) is 4. The first-order chi connectivity index (χ1) is 29.6. The Bertz CT molecular complexity index is 1080. The number of unbranched alkanes of at least 4 members (excludes halogenated alkanes) is 32. The molecule has 6 atom stereocenters. The molecular weight excluding hydrogens is 801 g/mol. The largest absolute Gasteiger partial charge is 0.457 e. The van der Waals surface area contributed by atoms with Gasteiger partial charge in [0, 0.05) is 13.0 Å². The van der Waals surface area contributed by atoms with Crippen LogP contribution in [-0.2, 0) is 38.3 Å². The van der Waals surface area contributed by atoms with Gasteiger partial charge in [0.15, 0.2) is 6.29 Å². The van der Waals surface area contributed by atoms with Crippen molar-refractivity contribution in [1.29, 1.82) is 0 Å². The smallest absolute Gasteiger partial charge is 0.397 e. The number of carbonyl (C=O) groups excluding carboxylic acids is 1. The van der Waals surface area contributed by atoms with Gasteiger partial charge in [-0.25, -0.2) is 4.18 Å². The first kappa shape index (κ1) is 58.1. The van der Waals surface area contributed by atoms with Crippen molar-refractivity contribution in [3.05, 3.63) is 0 Å². The molecule has 13 heteroatoms. The van der Waals surface area contributed by atoms with E-state index in [4.69, 9.17) is 23.5 Å². The normalized spacial score (nSPS) is 20.0.